The maximum Gasteiger partial charge on any atom is 0.161 e. The first-order valence-electron chi connectivity index (χ1n) is 7.90. The summed E-state index contributed by atoms with van der Waals surface area (Å²) in [5, 5.41) is 9.39. The van der Waals surface area contributed by atoms with E-state index in [4.69, 9.17) is 9.47 Å². The molecule has 0 bridgehead atoms. The van der Waals surface area contributed by atoms with E-state index in [2.05, 4.69) is 0 Å². The number of aliphatic hydroxyl groups is 1. The smallest absolute Gasteiger partial charge is 0.161 e. The third-order valence-corrected chi connectivity index (χ3v) is 3.50. The molecular formula is C19H23FO3. The molecule has 0 fully saturated rings. The molecule has 0 aromatic heterocycles. The predicted molar refractivity (Wildman–Crippen MR) is 88.3 cm³/mol. The van der Waals surface area contributed by atoms with E-state index >= 15 is 0 Å². The SMILES string of the molecule is CCOc1cc(CCC(C)O)ccc1OCc1ccccc1F. The van der Waals surface area contributed by atoms with Crippen molar-refractivity contribution < 1.29 is 19.0 Å². The van der Waals surface area contributed by atoms with Crippen molar-refractivity contribution in [2.45, 2.75) is 39.4 Å². The van der Waals surface area contributed by atoms with Crippen molar-refractivity contribution in [1.82, 2.24) is 0 Å². The fourth-order valence-electron chi connectivity index (χ4n) is 2.24. The van der Waals surface area contributed by atoms with Gasteiger partial charge in [-0.2, -0.15) is 0 Å². The van der Waals surface area contributed by atoms with Crippen LogP contribution < -0.4 is 9.47 Å². The van der Waals surface area contributed by atoms with Crippen molar-refractivity contribution >= 4 is 0 Å². The lowest BCUT2D eigenvalue weighted by atomic mass is 10.1. The van der Waals surface area contributed by atoms with E-state index < -0.39 is 0 Å². The number of aryl methyl sites for hydroxylation is 1. The van der Waals surface area contributed by atoms with Crippen LogP contribution in [0.1, 0.15) is 31.4 Å². The third kappa shape index (κ3) is 5.25. The van der Waals surface area contributed by atoms with Crippen molar-refractivity contribution in [3.8, 4) is 11.5 Å². The number of benzene rings is 2. The second-order valence-corrected chi connectivity index (χ2v) is 5.48. The van der Waals surface area contributed by atoms with E-state index in [0.717, 1.165) is 12.0 Å². The Morgan fingerprint density at radius 2 is 1.87 bits per heavy atom. The van der Waals surface area contributed by atoms with Gasteiger partial charge in [0.15, 0.2) is 11.5 Å². The number of rotatable bonds is 8. The zero-order valence-corrected chi connectivity index (χ0v) is 13.6. The highest BCUT2D eigenvalue weighted by Gasteiger charge is 2.09. The second kappa shape index (κ2) is 8.53. The maximum absolute atomic E-state index is 13.6. The Labute approximate surface area is 136 Å². The summed E-state index contributed by atoms with van der Waals surface area (Å²) >= 11 is 0. The normalized spacial score (nSPS) is 12.0. The van der Waals surface area contributed by atoms with Crippen molar-refractivity contribution in [3.63, 3.8) is 0 Å². The second-order valence-electron chi connectivity index (χ2n) is 5.48. The zero-order valence-electron chi connectivity index (χ0n) is 13.6. The Balaban J connectivity index is 2.09. The van der Waals surface area contributed by atoms with Gasteiger partial charge in [-0.1, -0.05) is 24.3 Å². The van der Waals surface area contributed by atoms with Gasteiger partial charge < -0.3 is 14.6 Å². The predicted octanol–water partition coefficient (Wildman–Crippen LogP) is 4.12. The standard InChI is InChI=1S/C19H23FO3/c1-3-22-19-12-15(9-8-14(2)21)10-11-18(19)23-13-16-6-4-5-7-17(16)20/h4-7,10-12,14,21H,3,8-9,13H2,1-2H3. The molecule has 0 aliphatic rings. The Morgan fingerprint density at radius 3 is 2.57 bits per heavy atom. The monoisotopic (exact) mass is 318 g/mol. The molecule has 0 saturated carbocycles. The minimum atomic E-state index is -0.331. The lowest BCUT2D eigenvalue weighted by molar-refractivity contribution is 0.185. The Kier molecular flexibility index (Phi) is 6.41. The van der Waals surface area contributed by atoms with E-state index in [0.29, 0.717) is 30.1 Å². The van der Waals surface area contributed by atoms with Crippen molar-refractivity contribution in [2.24, 2.45) is 0 Å². The molecule has 0 amide bonds. The number of hydrogen-bond acceptors (Lipinski definition) is 3. The minimum Gasteiger partial charge on any atom is -0.490 e. The van der Waals surface area contributed by atoms with E-state index in [1.54, 1.807) is 25.1 Å². The average Bonchev–Trinajstić information content (AvgIpc) is 2.53. The van der Waals surface area contributed by atoms with Crippen LogP contribution >= 0.6 is 0 Å². The summed E-state index contributed by atoms with van der Waals surface area (Å²) in [7, 11) is 0. The molecule has 3 nitrogen and oxygen atoms in total. The average molecular weight is 318 g/mol. The summed E-state index contributed by atoms with van der Waals surface area (Å²) in [5.74, 6) is 0.960. The highest BCUT2D eigenvalue weighted by Crippen LogP contribution is 2.30. The van der Waals surface area contributed by atoms with Gasteiger partial charge >= 0.3 is 0 Å². The largest absolute Gasteiger partial charge is 0.490 e. The molecule has 0 spiro atoms. The molecule has 1 unspecified atom stereocenters. The van der Waals surface area contributed by atoms with Crippen LogP contribution in [0.25, 0.3) is 0 Å². The molecule has 124 valence electrons. The lowest BCUT2D eigenvalue weighted by Gasteiger charge is -2.14. The van der Waals surface area contributed by atoms with Crippen molar-refractivity contribution in [1.29, 1.82) is 0 Å². The Hall–Kier alpha value is -2.07. The van der Waals surface area contributed by atoms with Gasteiger partial charge in [0.2, 0.25) is 0 Å². The highest BCUT2D eigenvalue weighted by molar-refractivity contribution is 5.43. The molecule has 4 heteroatoms. The van der Waals surface area contributed by atoms with Crippen LogP contribution in [-0.4, -0.2) is 17.8 Å². The van der Waals surface area contributed by atoms with Crippen molar-refractivity contribution in [2.75, 3.05) is 6.61 Å². The van der Waals surface area contributed by atoms with E-state index in [1.165, 1.54) is 6.07 Å². The summed E-state index contributed by atoms with van der Waals surface area (Å²) in [5.41, 5.74) is 1.58. The fraction of sp³-hybridized carbons (Fsp3) is 0.368. The van der Waals surface area contributed by atoms with Crippen LogP contribution in [0.3, 0.4) is 0 Å². The van der Waals surface area contributed by atoms with Crippen LogP contribution in [0, 0.1) is 5.82 Å². The molecular weight excluding hydrogens is 295 g/mol. The van der Waals surface area contributed by atoms with Crippen LogP contribution in [-0.2, 0) is 13.0 Å². The molecule has 23 heavy (non-hydrogen) atoms. The number of hydrogen-bond donors (Lipinski definition) is 1. The maximum atomic E-state index is 13.6. The van der Waals surface area contributed by atoms with Gasteiger partial charge in [0.25, 0.3) is 0 Å². The Morgan fingerprint density at radius 1 is 1.09 bits per heavy atom. The first-order chi connectivity index (χ1) is 11.1. The van der Waals surface area contributed by atoms with Crippen LogP contribution in [0.2, 0.25) is 0 Å². The fourth-order valence-corrected chi connectivity index (χ4v) is 2.24. The van der Waals surface area contributed by atoms with Gasteiger partial charge in [-0.15, -0.1) is 0 Å². The van der Waals surface area contributed by atoms with Crippen LogP contribution in [0.4, 0.5) is 4.39 Å². The molecule has 0 aliphatic carbocycles. The van der Waals surface area contributed by atoms with Gasteiger partial charge in [0, 0.05) is 5.56 Å². The number of halogens is 1. The van der Waals surface area contributed by atoms with Gasteiger partial charge in [0.05, 0.1) is 12.7 Å². The van der Waals surface area contributed by atoms with Crippen molar-refractivity contribution in [3.05, 3.63) is 59.4 Å². The minimum absolute atomic E-state index is 0.153. The Bertz CT molecular complexity index is 626. The molecule has 0 aliphatic heterocycles. The summed E-state index contributed by atoms with van der Waals surface area (Å²) in [6, 6.07) is 12.3. The zero-order chi connectivity index (χ0) is 16.7. The molecule has 2 aromatic carbocycles. The first kappa shape index (κ1) is 17.3. The van der Waals surface area contributed by atoms with E-state index in [1.807, 2.05) is 25.1 Å². The van der Waals surface area contributed by atoms with Gasteiger partial charge in [0.1, 0.15) is 12.4 Å². The lowest BCUT2D eigenvalue weighted by Crippen LogP contribution is -2.04. The molecule has 1 atom stereocenters. The van der Waals surface area contributed by atoms with Gasteiger partial charge in [-0.3, -0.25) is 0 Å². The molecule has 1 N–H and O–H groups in total. The summed E-state index contributed by atoms with van der Waals surface area (Å²) in [6.07, 6.45) is 1.13. The quantitative estimate of drug-likeness (QED) is 0.796. The third-order valence-electron chi connectivity index (χ3n) is 3.50. The molecule has 0 radical (unpaired) electrons. The van der Waals surface area contributed by atoms with E-state index in [-0.39, 0.29) is 18.5 Å². The highest BCUT2D eigenvalue weighted by atomic mass is 19.1. The number of ether oxygens (including phenoxy) is 2. The molecule has 2 aromatic rings. The number of aliphatic hydroxyl groups excluding tert-OH is 1. The molecule has 0 saturated heterocycles. The summed E-state index contributed by atoms with van der Waals surface area (Å²) in [4.78, 5) is 0. The van der Waals surface area contributed by atoms with Crippen LogP contribution in [0.5, 0.6) is 11.5 Å². The molecule has 0 heterocycles. The van der Waals surface area contributed by atoms with Gasteiger partial charge in [-0.05, 0) is 50.5 Å². The van der Waals surface area contributed by atoms with E-state index in [9.17, 15) is 9.50 Å². The van der Waals surface area contributed by atoms with Crippen LogP contribution in [0.15, 0.2) is 42.5 Å². The summed E-state index contributed by atoms with van der Waals surface area (Å²) in [6.45, 7) is 4.36. The summed E-state index contributed by atoms with van der Waals surface area (Å²) < 4.78 is 25.0. The van der Waals surface area contributed by atoms with Gasteiger partial charge in [-0.25, -0.2) is 4.39 Å². The topological polar surface area (TPSA) is 38.7 Å². The first-order valence-corrected chi connectivity index (χ1v) is 7.90. The molecule has 2 rings (SSSR count).